The number of rotatable bonds is 6. The summed E-state index contributed by atoms with van der Waals surface area (Å²) in [6.07, 6.45) is 0. The van der Waals surface area contributed by atoms with E-state index in [1.807, 2.05) is 22.7 Å². The molecule has 0 radical (unpaired) electrons. The standard InChI is InChI=1S/C62H36N2O2S2/c1-3-13-41(14-4-1)63(53-21-11-19-47-45-17-7-9-23-59(45)67-61(47)53)43-27-25-37-31-49-51-35-52-50-32-38-26-28-44(30-40(38)34-56(50)66-58(52)36-57(51)65-55(49)33-39(37)29-43)64(42-15-5-2-6-16-42)54-22-12-20-48-46-18-8-10-24-60(46)68-62(48)54/h1-36H. The molecule has 0 aliphatic carbocycles. The van der Waals surface area contributed by atoms with Crippen molar-refractivity contribution in [3.05, 3.63) is 218 Å². The molecule has 68 heavy (non-hydrogen) atoms. The Morgan fingerprint density at radius 2 is 0.676 bits per heavy atom. The molecule has 0 aliphatic rings. The first kappa shape index (κ1) is 37.8. The highest BCUT2D eigenvalue weighted by molar-refractivity contribution is 7.26. The maximum absolute atomic E-state index is 6.70. The lowest BCUT2D eigenvalue weighted by atomic mass is 10.0. The van der Waals surface area contributed by atoms with E-state index in [1.54, 1.807) is 0 Å². The molecule has 0 bridgehead atoms. The van der Waals surface area contributed by atoms with E-state index in [0.29, 0.717) is 0 Å². The van der Waals surface area contributed by atoms with Crippen molar-refractivity contribution in [1.82, 2.24) is 0 Å². The molecule has 0 spiro atoms. The predicted molar refractivity (Wildman–Crippen MR) is 291 cm³/mol. The molecule has 0 fully saturated rings. The highest BCUT2D eigenvalue weighted by Crippen LogP contribution is 2.48. The summed E-state index contributed by atoms with van der Waals surface area (Å²) in [6, 6.07) is 78.9. The molecule has 0 saturated heterocycles. The van der Waals surface area contributed by atoms with E-state index >= 15 is 0 Å². The molecule has 0 unspecified atom stereocenters. The summed E-state index contributed by atoms with van der Waals surface area (Å²) in [5, 5.41) is 14.0. The second-order valence-corrected chi connectivity index (χ2v) is 19.8. The first-order valence-electron chi connectivity index (χ1n) is 22.9. The quantitative estimate of drug-likeness (QED) is 0.166. The summed E-state index contributed by atoms with van der Waals surface area (Å²) in [4.78, 5) is 4.77. The van der Waals surface area contributed by atoms with Gasteiger partial charge in [-0.2, -0.15) is 0 Å². The van der Waals surface area contributed by atoms with Crippen molar-refractivity contribution in [1.29, 1.82) is 0 Å². The Balaban J connectivity index is 0.836. The summed E-state index contributed by atoms with van der Waals surface area (Å²) in [7, 11) is 0. The van der Waals surface area contributed by atoms with Crippen molar-refractivity contribution in [3.8, 4) is 0 Å². The smallest absolute Gasteiger partial charge is 0.139 e. The van der Waals surface area contributed by atoms with Crippen molar-refractivity contribution in [2.45, 2.75) is 0 Å². The van der Waals surface area contributed by atoms with Crippen LogP contribution in [0.4, 0.5) is 34.1 Å². The zero-order valence-corrected chi connectivity index (χ0v) is 37.9. The van der Waals surface area contributed by atoms with Crippen LogP contribution in [0.15, 0.2) is 227 Å². The van der Waals surface area contributed by atoms with Crippen molar-refractivity contribution >= 4 is 163 Å². The fourth-order valence-electron chi connectivity index (χ4n) is 10.6. The van der Waals surface area contributed by atoms with Crippen molar-refractivity contribution in [2.24, 2.45) is 0 Å². The van der Waals surface area contributed by atoms with Gasteiger partial charge in [-0.1, -0.05) is 109 Å². The van der Waals surface area contributed by atoms with Gasteiger partial charge in [-0.3, -0.25) is 0 Å². The first-order chi connectivity index (χ1) is 33.7. The summed E-state index contributed by atoms with van der Waals surface area (Å²) in [6.45, 7) is 0. The van der Waals surface area contributed by atoms with Gasteiger partial charge in [-0.05, 0) is 125 Å². The molecular weight excluding hydrogens is 869 g/mol. The zero-order valence-electron chi connectivity index (χ0n) is 36.3. The van der Waals surface area contributed by atoms with Gasteiger partial charge in [0.2, 0.25) is 0 Å². The Morgan fingerprint density at radius 1 is 0.265 bits per heavy atom. The average molecular weight is 905 g/mol. The van der Waals surface area contributed by atoms with Crippen LogP contribution in [0.2, 0.25) is 0 Å². The van der Waals surface area contributed by atoms with Gasteiger partial charge in [0.1, 0.15) is 22.3 Å². The number of thiophene rings is 2. The molecule has 15 rings (SSSR count). The minimum absolute atomic E-state index is 0.810. The predicted octanol–water partition coefficient (Wildman–Crippen LogP) is 19.5. The molecule has 6 heteroatoms. The Morgan fingerprint density at radius 3 is 1.16 bits per heavy atom. The fraction of sp³-hybridized carbons (Fsp3) is 0. The van der Waals surface area contributed by atoms with E-state index < -0.39 is 0 Å². The van der Waals surface area contributed by atoms with Crippen LogP contribution in [0, 0.1) is 0 Å². The molecule has 4 heterocycles. The average Bonchev–Trinajstić information content (AvgIpc) is 4.15. The number of hydrogen-bond acceptors (Lipinski definition) is 6. The molecule has 11 aromatic carbocycles. The molecule has 4 nitrogen and oxygen atoms in total. The minimum atomic E-state index is 0.810. The molecule has 4 aromatic heterocycles. The molecule has 15 aromatic rings. The van der Waals surface area contributed by atoms with Gasteiger partial charge in [0, 0.05) is 81.3 Å². The SMILES string of the molecule is c1ccc(N(c2ccc3cc4c(cc3c2)oc2cc3oc5cc6cc(N(c7ccccc7)c7cccc8c7sc7ccccc78)ccc6cc5c3cc24)c2cccc3c2sc2ccccc23)cc1. The number of fused-ring (bicyclic) bond motifs is 14. The van der Waals surface area contributed by atoms with Crippen molar-refractivity contribution in [3.63, 3.8) is 0 Å². The number of hydrogen-bond donors (Lipinski definition) is 0. The Bertz CT molecular complexity index is 4240. The normalized spacial score (nSPS) is 12.1. The van der Waals surface area contributed by atoms with Gasteiger partial charge >= 0.3 is 0 Å². The van der Waals surface area contributed by atoms with Crippen LogP contribution in [0.3, 0.4) is 0 Å². The van der Waals surface area contributed by atoms with E-state index in [9.17, 15) is 0 Å². The van der Waals surface area contributed by atoms with Gasteiger partial charge in [-0.25, -0.2) is 0 Å². The van der Waals surface area contributed by atoms with Crippen LogP contribution < -0.4 is 9.80 Å². The Labute approximate surface area is 397 Å². The lowest BCUT2D eigenvalue weighted by Gasteiger charge is -2.26. The monoisotopic (exact) mass is 904 g/mol. The third kappa shape index (κ3) is 5.72. The largest absolute Gasteiger partial charge is 0.456 e. The van der Waals surface area contributed by atoms with Gasteiger partial charge < -0.3 is 18.6 Å². The van der Waals surface area contributed by atoms with Crippen LogP contribution >= 0.6 is 22.7 Å². The summed E-state index contributed by atoms with van der Waals surface area (Å²) < 4.78 is 18.5. The van der Waals surface area contributed by atoms with E-state index in [0.717, 1.165) is 99.5 Å². The third-order valence-corrected chi connectivity index (χ3v) is 16.2. The lowest BCUT2D eigenvalue weighted by Crippen LogP contribution is -2.09. The van der Waals surface area contributed by atoms with Crippen molar-refractivity contribution < 1.29 is 8.83 Å². The van der Waals surface area contributed by atoms with Crippen LogP contribution in [-0.4, -0.2) is 0 Å². The molecule has 0 aliphatic heterocycles. The van der Waals surface area contributed by atoms with Crippen LogP contribution in [-0.2, 0) is 0 Å². The van der Waals surface area contributed by atoms with Crippen LogP contribution in [0.25, 0.3) is 106 Å². The van der Waals surface area contributed by atoms with E-state index in [1.165, 1.54) is 40.3 Å². The highest BCUT2D eigenvalue weighted by Gasteiger charge is 2.22. The van der Waals surface area contributed by atoms with Gasteiger partial charge in [-0.15, -0.1) is 22.7 Å². The van der Waals surface area contributed by atoms with Gasteiger partial charge in [0.25, 0.3) is 0 Å². The van der Waals surface area contributed by atoms with Crippen molar-refractivity contribution in [2.75, 3.05) is 9.80 Å². The topological polar surface area (TPSA) is 32.8 Å². The fourth-order valence-corrected chi connectivity index (χ4v) is 13.0. The maximum Gasteiger partial charge on any atom is 0.139 e. The Kier molecular flexibility index (Phi) is 8.07. The minimum Gasteiger partial charge on any atom is -0.456 e. The first-order valence-corrected chi connectivity index (χ1v) is 24.5. The Hall–Kier alpha value is -8.42. The van der Waals surface area contributed by atoms with Crippen LogP contribution in [0.1, 0.15) is 0 Å². The van der Waals surface area contributed by atoms with Gasteiger partial charge in [0.05, 0.1) is 20.8 Å². The molecule has 0 saturated carbocycles. The summed E-state index contributed by atoms with van der Waals surface area (Å²) in [5.74, 6) is 0. The zero-order chi connectivity index (χ0) is 44.5. The van der Waals surface area contributed by atoms with E-state index in [4.69, 9.17) is 8.83 Å². The van der Waals surface area contributed by atoms with E-state index in [-0.39, 0.29) is 0 Å². The summed E-state index contributed by atoms with van der Waals surface area (Å²) >= 11 is 3.70. The second-order valence-electron chi connectivity index (χ2n) is 17.7. The van der Waals surface area contributed by atoms with E-state index in [2.05, 4.69) is 228 Å². The number of furan rings is 2. The van der Waals surface area contributed by atoms with Crippen LogP contribution in [0.5, 0.6) is 0 Å². The lowest BCUT2D eigenvalue weighted by molar-refractivity contribution is 0.656. The maximum atomic E-state index is 6.70. The third-order valence-electron chi connectivity index (χ3n) is 13.7. The molecule has 0 atom stereocenters. The van der Waals surface area contributed by atoms with Gasteiger partial charge in [0.15, 0.2) is 0 Å². The number of benzene rings is 11. The summed E-state index contributed by atoms with van der Waals surface area (Å²) in [5.41, 5.74) is 10.1. The molecule has 0 N–H and O–H groups in total. The number of anilines is 6. The number of para-hydroxylation sites is 2. The number of nitrogens with zero attached hydrogens (tertiary/aromatic N) is 2. The second kappa shape index (κ2) is 14.5. The highest BCUT2D eigenvalue weighted by atomic mass is 32.1. The molecular formula is C62H36N2O2S2. The molecule has 318 valence electrons. The molecule has 0 amide bonds.